The van der Waals surface area contributed by atoms with E-state index in [2.05, 4.69) is 67.0 Å². The fraction of sp³-hybridized carbons (Fsp3) is 0.667. The van der Waals surface area contributed by atoms with Gasteiger partial charge < -0.3 is 5.32 Å². The molecule has 1 aromatic carbocycles. The average Bonchev–Trinajstić information content (AvgIpc) is 2.47. The topological polar surface area (TPSA) is 15.3 Å². The molecule has 118 valence electrons. The van der Waals surface area contributed by atoms with Gasteiger partial charge in [-0.15, -0.1) is 0 Å². The van der Waals surface area contributed by atoms with Crippen LogP contribution in [0.15, 0.2) is 24.3 Å². The molecular weight excluding hydrogens is 276 g/mol. The van der Waals surface area contributed by atoms with Crippen LogP contribution in [0.4, 0.5) is 0 Å². The van der Waals surface area contributed by atoms with Gasteiger partial charge in [-0.2, -0.15) is 11.8 Å². The number of nitrogens with zero attached hydrogens (tertiary/aromatic N) is 1. The van der Waals surface area contributed by atoms with E-state index in [1.807, 2.05) is 0 Å². The van der Waals surface area contributed by atoms with Gasteiger partial charge in [0.1, 0.15) is 0 Å². The van der Waals surface area contributed by atoms with Gasteiger partial charge in [0.05, 0.1) is 0 Å². The van der Waals surface area contributed by atoms with Gasteiger partial charge in [0, 0.05) is 37.2 Å². The largest absolute Gasteiger partial charge is 0.312 e. The van der Waals surface area contributed by atoms with Crippen molar-refractivity contribution in [3.63, 3.8) is 0 Å². The van der Waals surface area contributed by atoms with Crippen LogP contribution in [0.25, 0.3) is 0 Å². The molecule has 2 nitrogen and oxygen atoms in total. The lowest BCUT2D eigenvalue weighted by molar-refractivity contribution is 0.273. The second kappa shape index (κ2) is 8.82. The molecule has 1 unspecified atom stereocenters. The zero-order valence-electron chi connectivity index (χ0n) is 13.8. The predicted molar refractivity (Wildman–Crippen MR) is 94.8 cm³/mol. The standard InChI is InChI=1S/C18H30N2S/c1-4-18-14-20(8-9-21-18)13-17-7-5-6-16(10-17)12-19-11-15(2)3/h5-7,10,15,18-19H,4,8-9,11-14H2,1-3H3. The van der Waals surface area contributed by atoms with Crippen LogP contribution >= 0.6 is 11.8 Å². The summed E-state index contributed by atoms with van der Waals surface area (Å²) in [7, 11) is 0. The maximum Gasteiger partial charge on any atom is 0.0234 e. The summed E-state index contributed by atoms with van der Waals surface area (Å²) < 4.78 is 0. The van der Waals surface area contributed by atoms with Crippen molar-refractivity contribution in [3.05, 3.63) is 35.4 Å². The molecule has 1 aliphatic heterocycles. The van der Waals surface area contributed by atoms with Crippen LogP contribution in [0.1, 0.15) is 38.3 Å². The van der Waals surface area contributed by atoms with E-state index in [1.54, 1.807) is 0 Å². The minimum absolute atomic E-state index is 0.713. The molecule has 0 radical (unpaired) electrons. The Balaban J connectivity index is 1.85. The van der Waals surface area contributed by atoms with Crippen molar-refractivity contribution >= 4 is 11.8 Å². The van der Waals surface area contributed by atoms with Gasteiger partial charge in [-0.25, -0.2) is 0 Å². The van der Waals surface area contributed by atoms with E-state index >= 15 is 0 Å². The van der Waals surface area contributed by atoms with E-state index in [-0.39, 0.29) is 0 Å². The first-order chi connectivity index (χ1) is 10.2. The first-order valence-electron chi connectivity index (χ1n) is 8.30. The molecule has 0 spiro atoms. The molecule has 0 aromatic heterocycles. The molecule has 2 rings (SSSR count). The quantitative estimate of drug-likeness (QED) is 0.826. The molecule has 3 heteroatoms. The molecule has 1 N–H and O–H groups in total. The van der Waals surface area contributed by atoms with Gasteiger partial charge in [-0.1, -0.05) is 45.0 Å². The van der Waals surface area contributed by atoms with E-state index in [0.29, 0.717) is 5.92 Å². The van der Waals surface area contributed by atoms with Crippen LogP contribution in [-0.4, -0.2) is 35.5 Å². The third kappa shape index (κ3) is 6.01. The summed E-state index contributed by atoms with van der Waals surface area (Å²) in [5, 5.41) is 4.36. The molecule has 0 bridgehead atoms. The normalized spacial score (nSPS) is 20.1. The molecule has 1 aromatic rings. The van der Waals surface area contributed by atoms with Gasteiger partial charge in [0.15, 0.2) is 0 Å². The van der Waals surface area contributed by atoms with E-state index < -0.39 is 0 Å². The second-order valence-electron chi connectivity index (χ2n) is 6.48. The van der Waals surface area contributed by atoms with Crippen molar-refractivity contribution in [3.8, 4) is 0 Å². The summed E-state index contributed by atoms with van der Waals surface area (Å²) in [4.78, 5) is 2.62. The summed E-state index contributed by atoms with van der Waals surface area (Å²) in [6.45, 7) is 12.5. The monoisotopic (exact) mass is 306 g/mol. The maximum atomic E-state index is 3.53. The lowest BCUT2D eigenvalue weighted by Gasteiger charge is -2.31. The summed E-state index contributed by atoms with van der Waals surface area (Å²) in [6.07, 6.45) is 1.29. The number of benzene rings is 1. The molecule has 1 heterocycles. The molecule has 1 aliphatic rings. The van der Waals surface area contributed by atoms with Gasteiger partial charge in [0.2, 0.25) is 0 Å². The smallest absolute Gasteiger partial charge is 0.0234 e. The molecule has 0 amide bonds. The highest BCUT2D eigenvalue weighted by Crippen LogP contribution is 2.22. The van der Waals surface area contributed by atoms with Gasteiger partial charge in [-0.05, 0) is 30.0 Å². The predicted octanol–water partition coefficient (Wildman–Crippen LogP) is 3.76. The number of rotatable bonds is 7. The van der Waals surface area contributed by atoms with Crippen molar-refractivity contribution < 1.29 is 0 Å². The molecule has 1 fully saturated rings. The zero-order chi connectivity index (χ0) is 15.1. The van der Waals surface area contributed by atoms with Crippen LogP contribution in [0.2, 0.25) is 0 Å². The van der Waals surface area contributed by atoms with E-state index in [4.69, 9.17) is 0 Å². The van der Waals surface area contributed by atoms with Gasteiger partial charge in [0.25, 0.3) is 0 Å². The SMILES string of the molecule is CCC1CN(Cc2cccc(CNCC(C)C)c2)CCS1. The summed E-state index contributed by atoms with van der Waals surface area (Å²) in [5.41, 5.74) is 2.87. The third-order valence-electron chi connectivity index (χ3n) is 3.96. The van der Waals surface area contributed by atoms with Crippen molar-refractivity contribution in [2.24, 2.45) is 5.92 Å². The zero-order valence-corrected chi connectivity index (χ0v) is 14.6. The summed E-state index contributed by atoms with van der Waals surface area (Å²) in [5.74, 6) is 2.00. The Morgan fingerprint density at radius 2 is 2.14 bits per heavy atom. The van der Waals surface area contributed by atoms with Crippen LogP contribution < -0.4 is 5.32 Å². The number of hydrogen-bond acceptors (Lipinski definition) is 3. The van der Waals surface area contributed by atoms with E-state index in [1.165, 1.54) is 36.4 Å². The minimum atomic E-state index is 0.713. The molecular formula is C18H30N2S. The Kier molecular flexibility index (Phi) is 7.08. The Hall–Kier alpha value is -0.510. The highest BCUT2D eigenvalue weighted by molar-refractivity contribution is 8.00. The van der Waals surface area contributed by atoms with Crippen molar-refractivity contribution in [1.82, 2.24) is 10.2 Å². The molecule has 1 atom stereocenters. The number of thioether (sulfide) groups is 1. The van der Waals surface area contributed by atoms with Crippen LogP contribution in [0.3, 0.4) is 0 Å². The van der Waals surface area contributed by atoms with Crippen LogP contribution in [0.5, 0.6) is 0 Å². The molecule has 0 aliphatic carbocycles. The fourth-order valence-electron chi connectivity index (χ4n) is 2.77. The van der Waals surface area contributed by atoms with Crippen LogP contribution in [0, 0.1) is 5.92 Å². The Bertz CT molecular complexity index is 419. The first-order valence-corrected chi connectivity index (χ1v) is 9.34. The molecule has 0 saturated carbocycles. The van der Waals surface area contributed by atoms with Gasteiger partial charge >= 0.3 is 0 Å². The Morgan fingerprint density at radius 1 is 1.33 bits per heavy atom. The lowest BCUT2D eigenvalue weighted by atomic mass is 10.1. The highest BCUT2D eigenvalue weighted by Gasteiger charge is 2.18. The van der Waals surface area contributed by atoms with E-state index in [9.17, 15) is 0 Å². The van der Waals surface area contributed by atoms with Crippen LogP contribution in [-0.2, 0) is 13.1 Å². The highest BCUT2D eigenvalue weighted by atomic mass is 32.2. The van der Waals surface area contributed by atoms with E-state index in [0.717, 1.165) is 24.9 Å². The maximum absolute atomic E-state index is 3.53. The molecule has 1 saturated heterocycles. The lowest BCUT2D eigenvalue weighted by Crippen LogP contribution is -2.37. The third-order valence-corrected chi connectivity index (χ3v) is 5.33. The van der Waals surface area contributed by atoms with Crippen molar-refractivity contribution in [2.45, 2.75) is 45.5 Å². The van der Waals surface area contributed by atoms with Crippen molar-refractivity contribution in [1.29, 1.82) is 0 Å². The molecule has 21 heavy (non-hydrogen) atoms. The Labute approximate surface area is 134 Å². The summed E-state index contributed by atoms with van der Waals surface area (Å²) >= 11 is 2.14. The first kappa shape index (κ1) is 16.9. The number of hydrogen-bond donors (Lipinski definition) is 1. The van der Waals surface area contributed by atoms with Gasteiger partial charge in [-0.3, -0.25) is 4.90 Å². The fourth-order valence-corrected chi connectivity index (χ4v) is 4.02. The van der Waals surface area contributed by atoms with Crippen molar-refractivity contribution in [2.75, 3.05) is 25.4 Å². The Morgan fingerprint density at radius 3 is 2.90 bits per heavy atom. The average molecular weight is 307 g/mol. The second-order valence-corrected chi connectivity index (χ2v) is 7.89. The minimum Gasteiger partial charge on any atom is -0.312 e. The summed E-state index contributed by atoms with van der Waals surface area (Å²) in [6, 6.07) is 9.08. The number of nitrogens with one attached hydrogen (secondary N) is 1.